The van der Waals surface area contributed by atoms with Crippen LogP contribution in [-0.2, 0) is 21.1 Å². The van der Waals surface area contributed by atoms with Crippen molar-refractivity contribution in [3.8, 4) is 34.4 Å². The molecule has 3 heterocycles. The van der Waals surface area contributed by atoms with Gasteiger partial charge in [0, 0.05) is 26.8 Å². The van der Waals surface area contributed by atoms with Crippen molar-refractivity contribution in [1.82, 2.24) is 28.2 Å². The highest BCUT2D eigenvalue weighted by atomic mass is 16.1. The quantitative estimate of drug-likeness (QED) is 0.398. The number of aryl methyl sites for hydroxylation is 3. The zero-order valence-corrected chi connectivity index (χ0v) is 19.5. The molecule has 0 aliphatic heterocycles. The van der Waals surface area contributed by atoms with E-state index in [2.05, 4.69) is 15.6 Å². The maximum Gasteiger partial charge on any atom is 0.328 e. The predicted molar refractivity (Wildman–Crippen MR) is 135 cm³/mol. The second kappa shape index (κ2) is 7.57. The van der Waals surface area contributed by atoms with Gasteiger partial charge < -0.3 is 4.57 Å². The summed E-state index contributed by atoms with van der Waals surface area (Å²) in [7, 11) is 5.49. The number of nitrogens with zero attached hydrogens (tertiary/aromatic N) is 7. The molecule has 170 valence electrons. The first-order valence-electron chi connectivity index (χ1n) is 11.1. The van der Waals surface area contributed by atoms with Gasteiger partial charge in [-0.3, -0.25) is 13.7 Å². The van der Waals surface area contributed by atoms with Gasteiger partial charge in [0.15, 0.2) is 5.82 Å². The van der Waals surface area contributed by atoms with E-state index in [1.165, 1.54) is 0 Å². The summed E-state index contributed by atoms with van der Waals surface area (Å²) in [6.07, 6.45) is 3.54. The minimum Gasteiger partial charge on any atom is -0.331 e. The summed E-state index contributed by atoms with van der Waals surface area (Å²) in [5, 5.41) is 9.57. The Kier molecular flexibility index (Phi) is 4.47. The fourth-order valence-corrected chi connectivity index (χ4v) is 4.72. The molecule has 0 aliphatic carbocycles. The molecule has 0 unspecified atom stereocenters. The molecule has 3 aromatic carbocycles. The van der Waals surface area contributed by atoms with Gasteiger partial charge in [0.05, 0.1) is 46.2 Å². The Hall–Kier alpha value is -4.90. The molecule has 0 saturated heterocycles. The number of nitriles is 1. The van der Waals surface area contributed by atoms with Crippen molar-refractivity contribution in [2.24, 2.45) is 21.1 Å². The third-order valence-electron chi connectivity index (χ3n) is 6.57. The topological polar surface area (TPSA) is 86.4 Å². The van der Waals surface area contributed by atoms with Gasteiger partial charge in [-0.05, 0) is 47.5 Å². The standard InChI is InChI=1S/C27H21N7O/c1-31-16-29-15-25(31)26-30-21-12-17(20-7-5-4-6-18(20)14-28)8-10-22(21)34(26)19-9-11-23-24(13-19)33(3)27(35)32(23)2/h4-13,15-16H,1-3H3. The van der Waals surface area contributed by atoms with Crippen LogP contribution in [0.4, 0.5) is 0 Å². The van der Waals surface area contributed by atoms with Crippen LogP contribution in [0.3, 0.4) is 0 Å². The highest BCUT2D eigenvalue weighted by Gasteiger charge is 2.19. The summed E-state index contributed by atoms with van der Waals surface area (Å²) < 4.78 is 7.31. The van der Waals surface area contributed by atoms with E-state index in [9.17, 15) is 10.1 Å². The van der Waals surface area contributed by atoms with Crippen molar-refractivity contribution in [3.05, 3.63) is 89.2 Å². The summed E-state index contributed by atoms with van der Waals surface area (Å²) in [6.45, 7) is 0. The molecule has 0 saturated carbocycles. The van der Waals surface area contributed by atoms with E-state index >= 15 is 0 Å². The van der Waals surface area contributed by atoms with Crippen LogP contribution in [0.1, 0.15) is 5.56 Å². The predicted octanol–water partition coefficient (Wildman–Crippen LogP) is 4.16. The maximum absolute atomic E-state index is 12.5. The van der Waals surface area contributed by atoms with Crippen LogP contribution in [0.5, 0.6) is 0 Å². The molecule has 0 atom stereocenters. The maximum atomic E-state index is 12.5. The molecule has 35 heavy (non-hydrogen) atoms. The van der Waals surface area contributed by atoms with Crippen molar-refractivity contribution in [1.29, 1.82) is 5.26 Å². The molecule has 0 N–H and O–H groups in total. The average Bonchev–Trinajstić information content (AvgIpc) is 3.54. The highest BCUT2D eigenvalue weighted by molar-refractivity contribution is 5.89. The molecule has 0 amide bonds. The fraction of sp³-hybridized carbons (Fsp3) is 0.111. The summed E-state index contributed by atoms with van der Waals surface area (Å²) in [5.74, 6) is 0.742. The van der Waals surface area contributed by atoms with Gasteiger partial charge in [0.25, 0.3) is 0 Å². The van der Waals surface area contributed by atoms with Gasteiger partial charge >= 0.3 is 5.69 Å². The molecule has 0 bridgehead atoms. The van der Waals surface area contributed by atoms with E-state index < -0.39 is 0 Å². The van der Waals surface area contributed by atoms with Gasteiger partial charge in [-0.15, -0.1) is 0 Å². The third kappa shape index (κ3) is 3.02. The largest absolute Gasteiger partial charge is 0.331 e. The van der Waals surface area contributed by atoms with Gasteiger partial charge in [-0.2, -0.15) is 5.26 Å². The van der Waals surface area contributed by atoms with Crippen LogP contribution in [0, 0.1) is 11.3 Å². The second-order valence-electron chi connectivity index (χ2n) is 8.60. The molecule has 3 aromatic heterocycles. The van der Waals surface area contributed by atoms with E-state index in [-0.39, 0.29) is 5.69 Å². The smallest absolute Gasteiger partial charge is 0.328 e. The average molecular weight is 460 g/mol. The van der Waals surface area contributed by atoms with E-state index in [1.54, 1.807) is 35.8 Å². The summed E-state index contributed by atoms with van der Waals surface area (Å²) in [6, 6.07) is 21.9. The number of aromatic nitrogens is 6. The van der Waals surface area contributed by atoms with Crippen LogP contribution in [0.2, 0.25) is 0 Å². The zero-order chi connectivity index (χ0) is 24.3. The normalized spacial score (nSPS) is 11.4. The van der Waals surface area contributed by atoms with Crippen molar-refractivity contribution < 1.29 is 0 Å². The third-order valence-corrected chi connectivity index (χ3v) is 6.57. The van der Waals surface area contributed by atoms with E-state index in [4.69, 9.17) is 4.98 Å². The second-order valence-corrected chi connectivity index (χ2v) is 8.60. The van der Waals surface area contributed by atoms with E-state index in [1.807, 2.05) is 72.3 Å². The number of benzene rings is 3. The van der Waals surface area contributed by atoms with E-state index in [0.29, 0.717) is 5.56 Å². The van der Waals surface area contributed by atoms with Crippen LogP contribution >= 0.6 is 0 Å². The number of hydrogen-bond acceptors (Lipinski definition) is 4. The van der Waals surface area contributed by atoms with Crippen LogP contribution < -0.4 is 5.69 Å². The molecule has 6 aromatic rings. The molecule has 0 radical (unpaired) electrons. The lowest BCUT2D eigenvalue weighted by atomic mass is 10.00. The first-order valence-corrected chi connectivity index (χ1v) is 11.1. The molecule has 0 fully saturated rings. The summed E-state index contributed by atoms with van der Waals surface area (Å²) >= 11 is 0. The van der Waals surface area contributed by atoms with Crippen LogP contribution in [0.25, 0.3) is 50.4 Å². The number of imidazole rings is 3. The van der Waals surface area contributed by atoms with Crippen molar-refractivity contribution in [2.75, 3.05) is 0 Å². The lowest BCUT2D eigenvalue weighted by molar-refractivity contribution is 0.795. The monoisotopic (exact) mass is 459 g/mol. The van der Waals surface area contributed by atoms with Gasteiger partial charge in [0.2, 0.25) is 0 Å². The van der Waals surface area contributed by atoms with Crippen molar-refractivity contribution in [3.63, 3.8) is 0 Å². The molecular formula is C27H21N7O. The summed E-state index contributed by atoms with van der Waals surface area (Å²) in [4.78, 5) is 21.8. The zero-order valence-electron chi connectivity index (χ0n) is 19.5. The van der Waals surface area contributed by atoms with Crippen molar-refractivity contribution >= 4 is 22.1 Å². The lowest BCUT2D eigenvalue weighted by Crippen LogP contribution is -2.19. The number of fused-ring (bicyclic) bond motifs is 2. The van der Waals surface area contributed by atoms with Crippen LogP contribution in [0.15, 0.2) is 78.0 Å². The molecular weight excluding hydrogens is 438 g/mol. The first kappa shape index (κ1) is 20.7. The Bertz CT molecular complexity index is 1870. The van der Waals surface area contributed by atoms with Gasteiger partial charge in [0.1, 0.15) is 5.69 Å². The molecule has 8 nitrogen and oxygen atoms in total. The Balaban J connectivity index is 1.64. The van der Waals surface area contributed by atoms with Gasteiger partial charge in [-0.25, -0.2) is 14.8 Å². The number of hydrogen-bond donors (Lipinski definition) is 0. The molecule has 0 spiro atoms. The molecule has 6 rings (SSSR count). The minimum absolute atomic E-state index is 0.0692. The molecule has 8 heteroatoms. The number of rotatable bonds is 3. The molecule has 0 aliphatic rings. The van der Waals surface area contributed by atoms with Crippen molar-refractivity contribution in [2.45, 2.75) is 0 Å². The fourth-order valence-electron chi connectivity index (χ4n) is 4.72. The Morgan fingerprint density at radius 1 is 0.886 bits per heavy atom. The van der Waals surface area contributed by atoms with Crippen LogP contribution in [-0.4, -0.2) is 28.2 Å². The summed E-state index contributed by atoms with van der Waals surface area (Å²) in [5.41, 5.74) is 7.52. The first-order chi connectivity index (χ1) is 17.0. The van der Waals surface area contributed by atoms with Gasteiger partial charge in [-0.1, -0.05) is 24.3 Å². The SMILES string of the molecule is Cn1cncc1-c1nc2cc(-c3ccccc3C#N)ccc2n1-c1ccc2c(c1)n(C)c(=O)n2C. The minimum atomic E-state index is -0.0692. The Morgan fingerprint density at radius 3 is 2.43 bits per heavy atom. The Morgan fingerprint density at radius 2 is 1.66 bits per heavy atom. The highest BCUT2D eigenvalue weighted by Crippen LogP contribution is 2.33. The van der Waals surface area contributed by atoms with E-state index in [0.717, 1.165) is 50.4 Å². The Labute approximate surface area is 200 Å². The lowest BCUT2D eigenvalue weighted by Gasteiger charge is -2.11.